The van der Waals surface area contributed by atoms with Crippen molar-refractivity contribution in [3.8, 4) is 0 Å². The lowest BCUT2D eigenvalue weighted by Crippen LogP contribution is -2.30. The van der Waals surface area contributed by atoms with Gasteiger partial charge in [-0.1, -0.05) is 325 Å². The van der Waals surface area contributed by atoms with E-state index in [2.05, 4.69) is 48.5 Å². The van der Waals surface area contributed by atoms with Crippen molar-refractivity contribution >= 4 is 39.5 Å². The topological polar surface area (TPSA) is 237 Å². The highest BCUT2D eigenvalue weighted by Crippen LogP contribution is 2.45. The third-order valence-corrected chi connectivity index (χ3v) is 19.4. The third-order valence-electron chi connectivity index (χ3n) is 17.5. The van der Waals surface area contributed by atoms with E-state index in [1.807, 2.05) is 0 Å². The van der Waals surface area contributed by atoms with E-state index in [-0.39, 0.29) is 25.7 Å². The van der Waals surface area contributed by atoms with Gasteiger partial charge in [-0.15, -0.1) is 0 Å². The highest BCUT2D eigenvalue weighted by atomic mass is 31.2. The number of hydrogen-bond donors (Lipinski definition) is 3. The molecule has 0 spiro atoms. The lowest BCUT2D eigenvalue weighted by molar-refractivity contribution is -0.161. The van der Waals surface area contributed by atoms with Gasteiger partial charge in [0.25, 0.3) is 0 Å². The predicted molar refractivity (Wildman–Crippen MR) is 377 cm³/mol. The molecule has 17 nitrogen and oxygen atoms in total. The van der Waals surface area contributed by atoms with E-state index in [0.29, 0.717) is 25.7 Å². The molecule has 0 aliphatic carbocycles. The Kier molecular flexibility index (Phi) is 63.4. The van der Waals surface area contributed by atoms with Gasteiger partial charge in [0.15, 0.2) is 12.2 Å². The molecule has 0 aliphatic rings. The first-order valence-electron chi connectivity index (χ1n) is 38.4. The SMILES string of the molecule is CCCCCCCCCCCCCCCCC(=O)OC[C@H](COP(=O)(O)OC[C@@H](O)COP(=O)(O)OC[C@@H](COC(=O)CCCCCCCCCCC(C)CC)OC(=O)CCCCCCCCCCCC(C)C)OC(=O)CCCCCCCCCCCCCCC(C)C. The Balaban J connectivity index is 5.27. The van der Waals surface area contributed by atoms with Crippen LogP contribution in [0.5, 0.6) is 0 Å². The average Bonchev–Trinajstić information content (AvgIpc) is 1.88. The molecule has 0 aromatic rings. The van der Waals surface area contributed by atoms with E-state index >= 15 is 0 Å². The minimum Gasteiger partial charge on any atom is -0.462 e. The molecule has 0 bridgehead atoms. The van der Waals surface area contributed by atoms with Gasteiger partial charge >= 0.3 is 39.5 Å². The van der Waals surface area contributed by atoms with Gasteiger partial charge in [0.2, 0.25) is 0 Å². The van der Waals surface area contributed by atoms with Crippen LogP contribution in [0.25, 0.3) is 0 Å². The van der Waals surface area contributed by atoms with Crippen molar-refractivity contribution < 1.29 is 80.2 Å². The highest BCUT2D eigenvalue weighted by Gasteiger charge is 2.30. The van der Waals surface area contributed by atoms with Crippen LogP contribution in [0.1, 0.15) is 376 Å². The molecule has 0 saturated carbocycles. The Bertz CT molecular complexity index is 1820. The van der Waals surface area contributed by atoms with Gasteiger partial charge in [0, 0.05) is 25.7 Å². The smallest absolute Gasteiger partial charge is 0.462 e. The Morgan fingerprint density at radius 1 is 0.312 bits per heavy atom. The van der Waals surface area contributed by atoms with Gasteiger partial charge in [0.1, 0.15) is 19.3 Å². The number of hydrogen-bond acceptors (Lipinski definition) is 15. The summed E-state index contributed by atoms with van der Waals surface area (Å²) in [4.78, 5) is 72.8. The van der Waals surface area contributed by atoms with Crippen LogP contribution in [0.4, 0.5) is 0 Å². The number of phosphoric acid groups is 2. The van der Waals surface area contributed by atoms with Crippen LogP contribution in [0.15, 0.2) is 0 Å². The number of esters is 4. The van der Waals surface area contributed by atoms with Crippen LogP contribution < -0.4 is 0 Å². The van der Waals surface area contributed by atoms with Crippen molar-refractivity contribution in [1.29, 1.82) is 0 Å². The molecule has 0 aromatic carbocycles. The molecule has 3 N–H and O–H groups in total. The summed E-state index contributed by atoms with van der Waals surface area (Å²) in [6.45, 7) is 11.9. The zero-order chi connectivity index (χ0) is 68.7. The van der Waals surface area contributed by atoms with Crippen molar-refractivity contribution in [1.82, 2.24) is 0 Å². The predicted octanol–water partition coefficient (Wildman–Crippen LogP) is 21.4. The number of ether oxygens (including phenoxy) is 4. The van der Waals surface area contributed by atoms with E-state index in [4.69, 9.17) is 37.0 Å². The zero-order valence-corrected chi connectivity index (χ0v) is 62.5. The highest BCUT2D eigenvalue weighted by molar-refractivity contribution is 7.47. The molecule has 0 heterocycles. The molecule has 0 amide bonds. The Hall–Kier alpha value is -1.94. The number of carbonyl (C=O) groups excluding carboxylic acids is 4. The number of carbonyl (C=O) groups is 4. The van der Waals surface area contributed by atoms with Gasteiger partial charge in [-0.3, -0.25) is 37.3 Å². The first-order valence-corrected chi connectivity index (χ1v) is 41.4. The Morgan fingerprint density at radius 3 is 0.817 bits per heavy atom. The fourth-order valence-electron chi connectivity index (χ4n) is 11.2. The van der Waals surface area contributed by atoms with E-state index in [0.717, 1.165) is 108 Å². The number of aliphatic hydroxyl groups is 1. The fraction of sp³-hybridized carbons (Fsp3) is 0.946. The molecular formula is C74H144O17P2. The summed E-state index contributed by atoms with van der Waals surface area (Å²) < 4.78 is 68.5. The van der Waals surface area contributed by atoms with Crippen LogP contribution in [-0.4, -0.2) is 96.7 Å². The Labute approximate surface area is 568 Å². The van der Waals surface area contributed by atoms with E-state index < -0.39 is 97.5 Å². The third kappa shape index (κ3) is 67.0. The number of aliphatic hydroxyl groups excluding tert-OH is 1. The maximum absolute atomic E-state index is 13.1. The van der Waals surface area contributed by atoms with Gasteiger partial charge in [0.05, 0.1) is 26.4 Å². The van der Waals surface area contributed by atoms with Crippen LogP contribution in [0.3, 0.4) is 0 Å². The quantitative estimate of drug-likeness (QED) is 0.0222. The summed E-state index contributed by atoms with van der Waals surface area (Å²) in [6, 6.07) is 0. The molecule has 6 atom stereocenters. The van der Waals surface area contributed by atoms with E-state index in [1.165, 1.54) is 186 Å². The van der Waals surface area contributed by atoms with Crippen LogP contribution >= 0.6 is 15.6 Å². The molecule has 0 aromatic heterocycles. The summed E-state index contributed by atoms with van der Waals surface area (Å²) in [5.41, 5.74) is 0. The molecule has 19 heteroatoms. The normalized spacial score (nSPS) is 14.4. The lowest BCUT2D eigenvalue weighted by atomic mass is 9.99. The average molecular weight is 1370 g/mol. The second kappa shape index (κ2) is 64.7. The molecule has 0 radical (unpaired) electrons. The van der Waals surface area contributed by atoms with Gasteiger partial charge in [-0.25, -0.2) is 9.13 Å². The number of unbranched alkanes of at least 4 members (excludes halogenated alkanes) is 39. The van der Waals surface area contributed by atoms with Crippen molar-refractivity contribution in [3.05, 3.63) is 0 Å². The largest absolute Gasteiger partial charge is 0.472 e. The standard InChI is InChI=1S/C74H144O17P2/c1-8-10-11-12-13-14-15-16-17-21-26-34-41-48-55-71(76)84-61-69(90-73(78)57-50-43-36-27-22-19-18-20-24-31-38-45-52-65(3)4)63-88-92(80,81)86-59-68(75)60-87-93(82,83)89-64-70(91-74(79)58-51-44-37-28-23-25-32-39-46-53-66(5)6)62-85-72(77)56-49-42-35-30-29-33-40-47-54-67(7)9-2/h65-70,75H,8-64H2,1-7H3,(H,80,81)(H,82,83)/t67?,68-,69-,70-/m1/s1. The lowest BCUT2D eigenvalue weighted by Gasteiger charge is -2.21. The van der Waals surface area contributed by atoms with Gasteiger partial charge in [-0.2, -0.15) is 0 Å². The summed E-state index contributed by atoms with van der Waals surface area (Å²) in [5.74, 6) is 0.171. The summed E-state index contributed by atoms with van der Waals surface area (Å²) in [5, 5.41) is 10.6. The molecule has 0 aliphatic heterocycles. The first kappa shape index (κ1) is 91.1. The molecule has 0 fully saturated rings. The minimum absolute atomic E-state index is 0.105. The summed E-state index contributed by atoms with van der Waals surface area (Å²) in [6.07, 6.45) is 49.8. The zero-order valence-electron chi connectivity index (χ0n) is 60.7. The summed E-state index contributed by atoms with van der Waals surface area (Å²) >= 11 is 0. The summed E-state index contributed by atoms with van der Waals surface area (Å²) in [7, 11) is -9.91. The monoisotopic (exact) mass is 1370 g/mol. The molecule has 93 heavy (non-hydrogen) atoms. The maximum Gasteiger partial charge on any atom is 0.472 e. The minimum atomic E-state index is -4.96. The first-order chi connectivity index (χ1) is 44.8. The van der Waals surface area contributed by atoms with Crippen molar-refractivity contribution in [2.75, 3.05) is 39.6 Å². The van der Waals surface area contributed by atoms with Crippen molar-refractivity contribution in [2.45, 2.75) is 394 Å². The number of rotatable bonds is 72. The van der Waals surface area contributed by atoms with Gasteiger partial charge in [-0.05, 0) is 43.4 Å². The van der Waals surface area contributed by atoms with Crippen molar-refractivity contribution in [2.24, 2.45) is 17.8 Å². The van der Waals surface area contributed by atoms with Crippen LogP contribution in [0, 0.1) is 17.8 Å². The molecule has 552 valence electrons. The van der Waals surface area contributed by atoms with Crippen LogP contribution in [-0.2, 0) is 65.4 Å². The molecule has 3 unspecified atom stereocenters. The molecule has 0 rings (SSSR count). The number of phosphoric ester groups is 2. The van der Waals surface area contributed by atoms with Crippen LogP contribution in [0.2, 0.25) is 0 Å². The molecule has 0 saturated heterocycles. The second-order valence-electron chi connectivity index (χ2n) is 27.9. The van der Waals surface area contributed by atoms with Crippen molar-refractivity contribution in [3.63, 3.8) is 0 Å². The molecular weight excluding hydrogens is 1220 g/mol. The fourth-order valence-corrected chi connectivity index (χ4v) is 12.8. The maximum atomic E-state index is 13.1. The van der Waals surface area contributed by atoms with E-state index in [9.17, 15) is 43.2 Å². The van der Waals surface area contributed by atoms with Gasteiger partial charge < -0.3 is 33.8 Å². The van der Waals surface area contributed by atoms with E-state index in [1.54, 1.807) is 0 Å². The second-order valence-corrected chi connectivity index (χ2v) is 30.8. The Morgan fingerprint density at radius 2 is 0.548 bits per heavy atom.